The standard InChI is InChI=1S/C16H19NO4/c1-20-16(19)9-11-7-14(18)17-13(10-21-15(17)8-11)12-5-3-2-4-6-12/h2-6,11,13,15H,7-10H2,1H3/t11-,13+,15-/m1/s1. The molecular weight excluding hydrogens is 270 g/mol. The van der Waals surface area contributed by atoms with Gasteiger partial charge < -0.3 is 14.4 Å². The lowest BCUT2D eigenvalue weighted by molar-refractivity contribution is -0.149. The minimum absolute atomic E-state index is 0.0113. The number of piperidine rings is 1. The second kappa shape index (κ2) is 5.85. The van der Waals surface area contributed by atoms with E-state index in [1.54, 1.807) is 0 Å². The van der Waals surface area contributed by atoms with Gasteiger partial charge in [0, 0.05) is 12.8 Å². The highest BCUT2D eigenvalue weighted by Gasteiger charge is 2.44. The molecule has 1 amide bonds. The Bertz CT molecular complexity index is 530. The van der Waals surface area contributed by atoms with Crippen molar-refractivity contribution in [3.63, 3.8) is 0 Å². The van der Waals surface area contributed by atoms with Crippen molar-refractivity contribution in [3.8, 4) is 0 Å². The first-order valence-electron chi connectivity index (χ1n) is 7.23. The molecule has 5 nitrogen and oxygen atoms in total. The molecular formula is C16H19NO4. The van der Waals surface area contributed by atoms with E-state index in [1.807, 2.05) is 35.2 Å². The molecule has 0 N–H and O–H groups in total. The van der Waals surface area contributed by atoms with Crippen LogP contribution in [0.4, 0.5) is 0 Å². The SMILES string of the molecule is COC(=O)C[C@@H]1CC(=O)N2[C@@H](C1)OC[C@H]2c1ccccc1. The van der Waals surface area contributed by atoms with Crippen molar-refractivity contribution in [2.24, 2.45) is 5.92 Å². The average molecular weight is 289 g/mol. The zero-order valence-electron chi connectivity index (χ0n) is 12.0. The molecule has 112 valence electrons. The molecule has 21 heavy (non-hydrogen) atoms. The van der Waals surface area contributed by atoms with E-state index in [0.29, 0.717) is 19.4 Å². The van der Waals surface area contributed by atoms with E-state index >= 15 is 0 Å². The van der Waals surface area contributed by atoms with Crippen molar-refractivity contribution in [3.05, 3.63) is 35.9 Å². The summed E-state index contributed by atoms with van der Waals surface area (Å²) in [6.45, 7) is 0.519. The summed E-state index contributed by atoms with van der Waals surface area (Å²) in [5, 5.41) is 0. The van der Waals surface area contributed by atoms with Gasteiger partial charge in [-0.25, -0.2) is 0 Å². The van der Waals surface area contributed by atoms with E-state index in [4.69, 9.17) is 4.74 Å². The van der Waals surface area contributed by atoms with Crippen molar-refractivity contribution < 1.29 is 19.1 Å². The van der Waals surface area contributed by atoms with Crippen LogP contribution in [0.25, 0.3) is 0 Å². The van der Waals surface area contributed by atoms with Gasteiger partial charge in [-0.2, -0.15) is 0 Å². The van der Waals surface area contributed by atoms with Crippen molar-refractivity contribution in [2.45, 2.75) is 31.5 Å². The molecule has 1 aromatic rings. The summed E-state index contributed by atoms with van der Waals surface area (Å²) in [6, 6.07) is 9.92. The third-order valence-corrected chi connectivity index (χ3v) is 4.25. The van der Waals surface area contributed by atoms with Gasteiger partial charge in [-0.15, -0.1) is 0 Å². The molecule has 2 saturated heterocycles. The zero-order valence-corrected chi connectivity index (χ0v) is 12.0. The number of carbonyl (C=O) groups is 2. The fraction of sp³-hybridized carbons (Fsp3) is 0.500. The van der Waals surface area contributed by atoms with E-state index in [0.717, 1.165) is 5.56 Å². The molecule has 2 aliphatic rings. The van der Waals surface area contributed by atoms with Crippen molar-refractivity contribution in [1.82, 2.24) is 4.90 Å². The molecule has 3 rings (SSSR count). The molecule has 2 heterocycles. The number of carbonyl (C=O) groups excluding carboxylic acids is 2. The average Bonchev–Trinajstić information content (AvgIpc) is 2.92. The molecule has 0 aromatic heterocycles. The van der Waals surface area contributed by atoms with Crippen LogP contribution in [0.2, 0.25) is 0 Å². The van der Waals surface area contributed by atoms with E-state index in [9.17, 15) is 9.59 Å². The number of hydrogen-bond donors (Lipinski definition) is 0. The lowest BCUT2D eigenvalue weighted by Gasteiger charge is -2.35. The van der Waals surface area contributed by atoms with Crippen LogP contribution >= 0.6 is 0 Å². The van der Waals surface area contributed by atoms with Gasteiger partial charge in [-0.05, 0) is 17.9 Å². The molecule has 0 unspecified atom stereocenters. The van der Waals surface area contributed by atoms with E-state index in [1.165, 1.54) is 7.11 Å². The normalized spacial score (nSPS) is 28.3. The third kappa shape index (κ3) is 2.78. The second-order valence-corrected chi connectivity index (χ2v) is 5.60. The number of amides is 1. The maximum absolute atomic E-state index is 12.4. The van der Waals surface area contributed by atoms with Gasteiger partial charge in [-0.1, -0.05) is 30.3 Å². The highest BCUT2D eigenvalue weighted by molar-refractivity contribution is 5.79. The first-order valence-corrected chi connectivity index (χ1v) is 7.23. The third-order valence-electron chi connectivity index (χ3n) is 4.25. The molecule has 2 aliphatic heterocycles. The summed E-state index contributed by atoms with van der Waals surface area (Å²) in [6.07, 6.45) is 1.15. The Morgan fingerprint density at radius 2 is 2.14 bits per heavy atom. The Balaban J connectivity index is 1.72. The number of benzene rings is 1. The van der Waals surface area contributed by atoms with Crippen molar-refractivity contribution in [2.75, 3.05) is 13.7 Å². The maximum Gasteiger partial charge on any atom is 0.305 e. The number of nitrogens with zero attached hydrogens (tertiary/aromatic N) is 1. The minimum Gasteiger partial charge on any atom is -0.469 e. The Hall–Kier alpha value is -1.88. The van der Waals surface area contributed by atoms with Crippen molar-refractivity contribution >= 4 is 11.9 Å². The van der Waals surface area contributed by atoms with E-state index < -0.39 is 0 Å². The van der Waals surface area contributed by atoms with Gasteiger partial charge in [0.25, 0.3) is 0 Å². The predicted octanol–water partition coefficient (Wildman–Crippen LogP) is 1.89. The Labute approximate surface area is 123 Å². The largest absolute Gasteiger partial charge is 0.469 e. The molecule has 1 aromatic carbocycles. The molecule has 0 aliphatic carbocycles. The lowest BCUT2D eigenvalue weighted by atomic mass is 9.91. The monoisotopic (exact) mass is 289 g/mol. The molecule has 3 atom stereocenters. The number of methoxy groups -OCH3 is 1. The van der Waals surface area contributed by atoms with Crippen LogP contribution in [0.5, 0.6) is 0 Å². The molecule has 2 fully saturated rings. The summed E-state index contributed by atoms with van der Waals surface area (Å²) in [4.78, 5) is 25.6. The maximum atomic E-state index is 12.4. The zero-order chi connectivity index (χ0) is 14.8. The van der Waals surface area contributed by atoms with Gasteiger partial charge in [-0.3, -0.25) is 9.59 Å². The highest BCUT2D eigenvalue weighted by Crippen LogP contribution is 2.38. The predicted molar refractivity (Wildman–Crippen MR) is 75.1 cm³/mol. The lowest BCUT2D eigenvalue weighted by Crippen LogP contribution is -2.44. The molecule has 0 radical (unpaired) electrons. The van der Waals surface area contributed by atoms with Crippen LogP contribution in [0.3, 0.4) is 0 Å². The Morgan fingerprint density at radius 3 is 2.86 bits per heavy atom. The van der Waals surface area contributed by atoms with Gasteiger partial charge in [0.05, 0.1) is 19.8 Å². The van der Waals surface area contributed by atoms with Crippen LogP contribution in [0, 0.1) is 5.92 Å². The summed E-state index contributed by atoms with van der Waals surface area (Å²) in [5.41, 5.74) is 1.10. The summed E-state index contributed by atoms with van der Waals surface area (Å²) < 4.78 is 10.5. The molecule has 0 spiro atoms. The highest BCUT2D eigenvalue weighted by atomic mass is 16.5. The molecule has 0 bridgehead atoms. The minimum atomic E-state index is -0.265. The van der Waals surface area contributed by atoms with Crippen LogP contribution < -0.4 is 0 Å². The number of ether oxygens (including phenoxy) is 2. The van der Waals surface area contributed by atoms with Crippen molar-refractivity contribution in [1.29, 1.82) is 0 Å². The number of hydrogen-bond acceptors (Lipinski definition) is 4. The Morgan fingerprint density at radius 1 is 1.38 bits per heavy atom. The fourth-order valence-electron chi connectivity index (χ4n) is 3.21. The summed E-state index contributed by atoms with van der Waals surface area (Å²) >= 11 is 0. The van der Waals surface area contributed by atoms with Crippen LogP contribution in [-0.2, 0) is 19.1 Å². The molecule has 5 heteroatoms. The van der Waals surface area contributed by atoms with Crippen LogP contribution in [0.1, 0.15) is 30.9 Å². The quantitative estimate of drug-likeness (QED) is 0.797. The van der Waals surface area contributed by atoms with Crippen LogP contribution in [0.15, 0.2) is 30.3 Å². The van der Waals surface area contributed by atoms with Crippen LogP contribution in [-0.4, -0.2) is 36.7 Å². The van der Waals surface area contributed by atoms with E-state index in [2.05, 4.69) is 4.74 Å². The smallest absolute Gasteiger partial charge is 0.305 e. The Kier molecular flexibility index (Phi) is 3.92. The fourth-order valence-corrected chi connectivity index (χ4v) is 3.21. The topological polar surface area (TPSA) is 55.8 Å². The molecule has 0 saturated carbocycles. The van der Waals surface area contributed by atoms with E-state index in [-0.39, 0.29) is 36.5 Å². The van der Waals surface area contributed by atoms with Gasteiger partial charge in [0.2, 0.25) is 5.91 Å². The summed E-state index contributed by atoms with van der Waals surface area (Å²) in [7, 11) is 1.37. The summed E-state index contributed by atoms with van der Waals surface area (Å²) in [5.74, 6) is -0.189. The number of esters is 1. The number of fused-ring (bicyclic) bond motifs is 1. The van der Waals surface area contributed by atoms with Gasteiger partial charge >= 0.3 is 5.97 Å². The first-order chi connectivity index (χ1) is 10.2. The van der Waals surface area contributed by atoms with Gasteiger partial charge in [0.1, 0.15) is 6.23 Å². The second-order valence-electron chi connectivity index (χ2n) is 5.60. The number of rotatable bonds is 3. The first kappa shape index (κ1) is 14.1. The van der Waals surface area contributed by atoms with Gasteiger partial charge in [0.15, 0.2) is 0 Å².